The third-order valence-electron chi connectivity index (χ3n) is 5.19. The zero-order valence-electron chi connectivity index (χ0n) is 16.5. The van der Waals surface area contributed by atoms with E-state index >= 15 is 0 Å². The number of piperidine rings is 1. The molecule has 0 bridgehead atoms. The molecule has 0 unspecified atom stereocenters. The van der Waals surface area contributed by atoms with Gasteiger partial charge in [-0.15, -0.1) is 10.2 Å². The van der Waals surface area contributed by atoms with Gasteiger partial charge in [-0.25, -0.2) is 0 Å². The molecular formula is C20H28N4O2S. The van der Waals surface area contributed by atoms with Gasteiger partial charge in [-0.1, -0.05) is 11.8 Å². The highest BCUT2D eigenvalue weighted by Gasteiger charge is 2.29. The summed E-state index contributed by atoms with van der Waals surface area (Å²) in [7, 11) is 1.65. The maximum atomic E-state index is 12.8. The van der Waals surface area contributed by atoms with Gasteiger partial charge in [0.05, 0.1) is 12.9 Å². The molecule has 0 saturated carbocycles. The van der Waals surface area contributed by atoms with Crippen LogP contribution >= 0.6 is 11.8 Å². The number of hydrogen-bond acceptors (Lipinski definition) is 5. The van der Waals surface area contributed by atoms with Gasteiger partial charge in [0.1, 0.15) is 5.75 Å². The molecular weight excluding hydrogens is 360 g/mol. The van der Waals surface area contributed by atoms with E-state index < -0.39 is 0 Å². The maximum absolute atomic E-state index is 12.8. The van der Waals surface area contributed by atoms with E-state index in [1.54, 1.807) is 7.11 Å². The summed E-state index contributed by atoms with van der Waals surface area (Å²) in [6, 6.07) is 8.43. The number of likely N-dealkylation sites (tertiary alicyclic amines) is 1. The van der Waals surface area contributed by atoms with Crippen molar-refractivity contribution < 1.29 is 9.53 Å². The third-order valence-corrected chi connectivity index (χ3v) is 6.14. The van der Waals surface area contributed by atoms with Crippen molar-refractivity contribution in [2.24, 2.45) is 0 Å². The second kappa shape index (κ2) is 8.78. The quantitative estimate of drug-likeness (QED) is 0.704. The lowest BCUT2D eigenvalue weighted by Crippen LogP contribution is -2.48. The summed E-state index contributed by atoms with van der Waals surface area (Å²) in [6.07, 6.45) is 3.38. The van der Waals surface area contributed by atoms with Crippen molar-refractivity contribution in [1.29, 1.82) is 0 Å². The molecule has 146 valence electrons. The number of hydrogen-bond donors (Lipinski definition) is 0. The number of nitrogens with zero attached hydrogens (tertiary/aromatic N) is 4. The summed E-state index contributed by atoms with van der Waals surface area (Å²) in [6.45, 7) is 7.11. The van der Waals surface area contributed by atoms with Gasteiger partial charge in [-0.05, 0) is 64.3 Å². The predicted octanol–water partition coefficient (Wildman–Crippen LogP) is 3.86. The van der Waals surface area contributed by atoms with Gasteiger partial charge in [0, 0.05) is 24.2 Å². The lowest BCUT2D eigenvalue weighted by Gasteiger charge is -2.39. The lowest BCUT2D eigenvalue weighted by molar-refractivity contribution is -0.134. The minimum atomic E-state index is 0.191. The number of ether oxygens (including phenoxy) is 1. The van der Waals surface area contributed by atoms with Gasteiger partial charge in [0.25, 0.3) is 0 Å². The standard InChI is InChI=1S/C20H28N4O2S/c1-5-23-19(16-9-11-17(26-4)12-10-16)21-22-20(23)27-13-18(25)24-14(2)7-6-8-15(24)3/h9-12,14-15H,5-8,13H2,1-4H3/t14-,15+. The van der Waals surface area contributed by atoms with E-state index in [-0.39, 0.29) is 5.91 Å². The highest BCUT2D eigenvalue weighted by molar-refractivity contribution is 7.99. The minimum Gasteiger partial charge on any atom is -0.497 e. The topological polar surface area (TPSA) is 60.2 Å². The highest BCUT2D eigenvalue weighted by atomic mass is 32.2. The Morgan fingerprint density at radius 2 is 1.85 bits per heavy atom. The van der Waals surface area contributed by atoms with Crippen LogP contribution in [0.1, 0.15) is 40.0 Å². The van der Waals surface area contributed by atoms with Crippen LogP contribution in [0.4, 0.5) is 0 Å². The molecule has 0 N–H and O–H groups in total. The highest BCUT2D eigenvalue weighted by Crippen LogP contribution is 2.27. The summed E-state index contributed by atoms with van der Waals surface area (Å²) in [5.74, 6) is 2.22. The Morgan fingerprint density at radius 3 is 2.44 bits per heavy atom. The minimum absolute atomic E-state index is 0.191. The van der Waals surface area contributed by atoms with E-state index in [2.05, 4.69) is 35.5 Å². The van der Waals surface area contributed by atoms with Crippen LogP contribution < -0.4 is 4.74 Å². The molecule has 3 rings (SSSR count). The SMILES string of the molecule is CCn1c(SCC(=O)N2[C@H](C)CCC[C@@H]2C)nnc1-c1ccc(OC)cc1. The number of methoxy groups -OCH3 is 1. The summed E-state index contributed by atoms with van der Waals surface area (Å²) < 4.78 is 7.28. The van der Waals surface area contributed by atoms with E-state index in [1.807, 2.05) is 29.2 Å². The van der Waals surface area contributed by atoms with Crippen LogP contribution in [0.2, 0.25) is 0 Å². The Labute approximate surface area is 165 Å². The molecule has 1 aromatic heterocycles. The summed E-state index contributed by atoms with van der Waals surface area (Å²) >= 11 is 1.47. The van der Waals surface area contributed by atoms with Crippen LogP contribution in [0.5, 0.6) is 5.75 Å². The van der Waals surface area contributed by atoms with Gasteiger partial charge < -0.3 is 14.2 Å². The molecule has 0 aliphatic carbocycles. The van der Waals surface area contributed by atoms with Crippen LogP contribution in [-0.4, -0.2) is 50.5 Å². The first-order valence-corrected chi connectivity index (χ1v) is 10.5. The summed E-state index contributed by atoms with van der Waals surface area (Å²) in [5, 5.41) is 9.48. The average molecular weight is 389 g/mol. The Balaban J connectivity index is 1.72. The summed E-state index contributed by atoms with van der Waals surface area (Å²) in [4.78, 5) is 14.8. The lowest BCUT2D eigenvalue weighted by atomic mass is 9.98. The van der Waals surface area contributed by atoms with Crippen LogP contribution in [0, 0.1) is 0 Å². The molecule has 1 aliphatic rings. The van der Waals surface area contributed by atoms with Gasteiger partial charge >= 0.3 is 0 Å². The van der Waals surface area contributed by atoms with Crippen molar-refractivity contribution in [2.45, 2.75) is 63.8 Å². The maximum Gasteiger partial charge on any atom is 0.233 e. The van der Waals surface area contributed by atoms with Gasteiger partial charge in [0.2, 0.25) is 5.91 Å². The molecule has 2 atom stereocenters. The van der Waals surface area contributed by atoms with Crippen molar-refractivity contribution in [1.82, 2.24) is 19.7 Å². The van der Waals surface area contributed by atoms with E-state index in [4.69, 9.17) is 4.74 Å². The molecule has 2 heterocycles. The van der Waals surface area contributed by atoms with Crippen LogP contribution in [0.15, 0.2) is 29.4 Å². The normalized spacial score (nSPS) is 19.9. The van der Waals surface area contributed by atoms with Crippen molar-refractivity contribution >= 4 is 17.7 Å². The number of aromatic nitrogens is 3. The number of thioether (sulfide) groups is 1. The number of amides is 1. The molecule has 1 aliphatic heterocycles. The number of carbonyl (C=O) groups is 1. The molecule has 1 aromatic carbocycles. The molecule has 1 saturated heterocycles. The molecule has 2 aromatic rings. The molecule has 0 spiro atoms. The van der Waals surface area contributed by atoms with Gasteiger partial charge in [-0.3, -0.25) is 4.79 Å². The second-order valence-corrected chi connectivity index (χ2v) is 7.94. The number of benzene rings is 1. The first-order valence-electron chi connectivity index (χ1n) is 9.56. The zero-order valence-corrected chi connectivity index (χ0v) is 17.3. The largest absolute Gasteiger partial charge is 0.497 e. The number of carbonyl (C=O) groups excluding carboxylic acids is 1. The Bertz CT molecular complexity index is 765. The van der Waals surface area contributed by atoms with Crippen molar-refractivity contribution in [3.63, 3.8) is 0 Å². The average Bonchev–Trinajstić information content (AvgIpc) is 3.09. The van der Waals surface area contributed by atoms with Crippen molar-refractivity contribution in [3.8, 4) is 17.1 Å². The molecule has 1 amide bonds. The van der Waals surface area contributed by atoms with Crippen LogP contribution in [0.3, 0.4) is 0 Å². The van der Waals surface area contributed by atoms with Gasteiger partial charge in [-0.2, -0.15) is 0 Å². The molecule has 0 radical (unpaired) electrons. The van der Waals surface area contributed by atoms with E-state index in [9.17, 15) is 4.79 Å². The van der Waals surface area contributed by atoms with Crippen LogP contribution in [0.25, 0.3) is 11.4 Å². The molecule has 6 nitrogen and oxygen atoms in total. The van der Waals surface area contributed by atoms with E-state index in [0.717, 1.165) is 41.7 Å². The van der Waals surface area contributed by atoms with E-state index in [0.29, 0.717) is 17.8 Å². The van der Waals surface area contributed by atoms with E-state index in [1.165, 1.54) is 18.2 Å². The van der Waals surface area contributed by atoms with Crippen molar-refractivity contribution in [3.05, 3.63) is 24.3 Å². The first kappa shape index (κ1) is 19.7. The van der Waals surface area contributed by atoms with Gasteiger partial charge in [0.15, 0.2) is 11.0 Å². The Morgan fingerprint density at radius 1 is 1.19 bits per heavy atom. The Hall–Kier alpha value is -2.02. The fraction of sp³-hybridized carbons (Fsp3) is 0.550. The Kier molecular flexibility index (Phi) is 6.42. The second-order valence-electron chi connectivity index (χ2n) is 7.00. The zero-order chi connectivity index (χ0) is 19.4. The number of rotatable bonds is 6. The smallest absolute Gasteiger partial charge is 0.233 e. The monoisotopic (exact) mass is 388 g/mol. The molecule has 27 heavy (non-hydrogen) atoms. The summed E-state index contributed by atoms with van der Waals surface area (Å²) in [5.41, 5.74) is 0.988. The fourth-order valence-electron chi connectivity index (χ4n) is 3.75. The first-order chi connectivity index (χ1) is 13.0. The molecule has 7 heteroatoms. The fourth-order valence-corrected chi connectivity index (χ4v) is 4.62. The molecule has 1 fully saturated rings. The van der Waals surface area contributed by atoms with Crippen LogP contribution in [-0.2, 0) is 11.3 Å². The third kappa shape index (κ3) is 4.29. The van der Waals surface area contributed by atoms with Crippen molar-refractivity contribution in [2.75, 3.05) is 12.9 Å². The predicted molar refractivity (Wildman–Crippen MR) is 108 cm³/mol.